The molecule has 0 saturated carbocycles. The van der Waals surface area contributed by atoms with Gasteiger partial charge in [-0.05, 0) is 79.7 Å². The molecule has 0 unspecified atom stereocenters. The van der Waals surface area contributed by atoms with Crippen LogP contribution in [0, 0.1) is 0 Å². The van der Waals surface area contributed by atoms with Crippen LogP contribution in [0.15, 0.2) is 130 Å². The number of rotatable bonds is 10. The molecule has 0 aliphatic carbocycles. The first-order chi connectivity index (χ1) is 22.0. The number of aryl methyl sites for hydroxylation is 1. The van der Waals surface area contributed by atoms with E-state index in [0.717, 1.165) is 33.4 Å². The molecule has 9 heteroatoms. The van der Waals surface area contributed by atoms with Crippen LogP contribution in [0.25, 0.3) is 27.9 Å². The second-order valence-electron chi connectivity index (χ2n) is 10.2. The van der Waals surface area contributed by atoms with Crippen molar-refractivity contribution in [3.8, 4) is 0 Å². The number of carbonyl (C=O) groups excluding carboxylic acids is 3. The number of carbonyl (C=O) groups is 3. The highest BCUT2D eigenvalue weighted by molar-refractivity contribution is 8.00. The van der Waals surface area contributed by atoms with E-state index in [1.807, 2.05) is 42.5 Å². The van der Waals surface area contributed by atoms with E-state index in [4.69, 9.17) is 4.42 Å². The van der Waals surface area contributed by atoms with Gasteiger partial charge in [-0.3, -0.25) is 14.4 Å². The maximum atomic E-state index is 13.2. The summed E-state index contributed by atoms with van der Waals surface area (Å²) in [6, 6.07) is 33.5. The molecule has 0 spiro atoms. The smallest absolute Gasteiger partial charge is 0.272 e. The summed E-state index contributed by atoms with van der Waals surface area (Å²) in [6.45, 7) is 2.99. The summed E-state index contributed by atoms with van der Waals surface area (Å²) < 4.78 is 7.62. The van der Waals surface area contributed by atoms with Crippen molar-refractivity contribution in [1.82, 2.24) is 9.88 Å². The number of nitrogens with zero attached hydrogens (tertiary/aromatic N) is 1. The molecule has 4 aromatic carbocycles. The standard InChI is InChI=1S/C36H30N4O4S/c1-2-40-32-13-7-6-12-29(32)30-21-26(16-19-33(30)40)37-34(41)23-45-28-17-14-25(15-18-28)38-36(43)31(22-27-11-8-20-44-27)39-35(42)24-9-4-3-5-10-24/h3-22H,2,23H2,1H3,(H,37,41)(H,38,43)(H,39,42)/b31-22-. The van der Waals surface area contributed by atoms with Gasteiger partial charge in [-0.2, -0.15) is 0 Å². The first-order valence-electron chi connectivity index (χ1n) is 14.4. The topological polar surface area (TPSA) is 105 Å². The molecule has 45 heavy (non-hydrogen) atoms. The van der Waals surface area contributed by atoms with Crippen molar-refractivity contribution >= 4 is 68.7 Å². The molecule has 6 aromatic rings. The van der Waals surface area contributed by atoms with Gasteiger partial charge < -0.3 is 24.9 Å². The summed E-state index contributed by atoms with van der Waals surface area (Å²) in [4.78, 5) is 39.6. The lowest BCUT2D eigenvalue weighted by molar-refractivity contribution is -0.114. The van der Waals surface area contributed by atoms with Crippen LogP contribution < -0.4 is 16.0 Å². The first-order valence-corrected chi connectivity index (χ1v) is 15.4. The number of furan rings is 1. The quantitative estimate of drug-likeness (QED) is 0.109. The van der Waals surface area contributed by atoms with Gasteiger partial charge in [-0.25, -0.2) is 0 Å². The average Bonchev–Trinajstić information content (AvgIpc) is 3.70. The predicted molar refractivity (Wildman–Crippen MR) is 180 cm³/mol. The number of hydrogen-bond acceptors (Lipinski definition) is 5. The molecular formula is C36H30N4O4S. The number of para-hydroxylation sites is 1. The molecule has 6 rings (SSSR count). The van der Waals surface area contributed by atoms with Gasteiger partial charge in [0.1, 0.15) is 11.5 Å². The van der Waals surface area contributed by atoms with E-state index in [9.17, 15) is 14.4 Å². The lowest BCUT2D eigenvalue weighted by Gasteiger charge is -2.11. The van der Waals surface area contributed by atoms with Gasteiger partial charge in [-0.15, -0.1) is 11.8 Å². The molecule has 0 bridgehead atoms. The third kappa shape index (κ3) is 6.84. The van der Waals surface area contributed by atoms with Crippen molar-refractivity contribution in [3.63, 3.8) is 0 Å². The highest BCUT2D eigenvalue weighted by Crippen LogP contribution is 2.31. The number of anilines is 2. The highest BCUT2D eigenvalue weighted by Gasteiger charge is 2.16. The number of benzene rings is 4. The van der Waals surface area contributed by atoms with Gasteiger partial charge in [-0.1, -0.05) is 36.4 Å². The third-order valence-electron chi connectivity index (χ3n) is 7.21. The van der Waals surface area contributed by atoms with Crippen LogP contribution in [-0.2, 0) is 16.1 Å². The van der Waals surface area contributed by atoms with Gasteiger partial charge >= 0.3 is 0 Å². The molecule has 2 aromatic heterocycles. The minimum Gasteiger partial charge on any atom is -0.465 e. The maximum absolute atomic E-state index is 13.2. The number of thioether (sulfide) groups is 1. The van der Waals surface area contributed by atoms with E-state index in [-0.39, 0.29) is 17.4 Å². The molecule has 0 fully saturated rings. The monoisotopic (exact) mass is 614 g/mol. The van der Waals surface area contributed by atoms with E-state index in [1.165, 1.54) is 29.6 Å². The van der Waals surface area contributed by atoms with Crippen molar-refractivity contribution in [2.45, 2.75) is 18.4 Å². The normalized spacial score (nSPS) is 11.4. The highest BCUT2D eigenvalue weighted by atomic mass is 32.2. The van der Waals surface area contributed by atoms with Crippen molar-refractivity contribution in [2.75, 3.05) is 16.4 Å². The Kier molecular flexibility index (Phi) is 8.79. The molecule has 3 N–H and O–H groups in total. The molecule has 0 atom stereocenters. The Balaban J connectivity index is 1.07. The summed E-state index contributed by atoms with van der Waals surface area (Å²) in [7, 11) is 0. The largest absolute Gasteiger partial charge is 0.465 e. The lowest BCUT2D eigenvalue weighted by atomic mass is 10.1. The van der Waals surface area contributed by atoms with Crippen molar-refractivity contribution in [1.29, 1.82) is 0 Å². The number of fused-ring (bicyclic) bond motifs is 3. The van der Waals surface area contributed by atoms with Gasteiger partial charge in [0.2, 0.25) is 5.91 Å². The second kappa shape index (κ2) is 13.4. The lowest BCUT2D eigenvalue weighted by Crippen LogP contribution is -2.30. The van der Waals surface area contributed by atoms with E-state index < -0.39 is 11.8 Å². The summed E-state index contributed by atoms with van der Waals surface area (Å²) in [5.41, 5.74) is 4.06. The molecule has 0 saturated heterocycles. The Hall–Kier alpha value is -5.54. The Morgan fingerprint density at radius 3 is 2.27 bits per heavy atom. The molecule has 2 heterocycles. The molecular weight excluding hydrogens is 584 g/mol. The Bertz CT molecular complexity index is 2010. The number of amides is 3. The number of hydrogen-bond donors (Lipinski definition) is 3. The van der Waals surface area contributed by atoms with Crippen LogP contribution in [0.1, 0.15) is 23.0 Å². The maximum Gasteiger partial charge on any atom is 0.272 e. The van der Waals surface area contributed by atoms with Crippen LogP contribution in [0.5, 0.6) is 0 Å². The minimum absolute atomic E-state index is 0.0337. The third-order valence-corrected chi connectivity index (χ3v) is 8.23. The van der Waals surface area contributed by atoms with Gasteiger partial charge in [0.05, 0.1) is 12.0 Å². The van der Waals surface area contributed by atoms with Crippen LogP contribution in [0.4, 0.5) is 11.4 Å². The number of nitrogens with one attached hydrogen (secondary N) is 3. The minimum atomic E-state index is -0.505. The Morgan fingerprint density at radius 2 is 1.51 bits per heavy atom. The molecule has 8 nitrogen and oxygen atoms in total. The summed E-state index contributed by atoms with van der Waals surface area (Å²) in [5, 5.41) is 10.8. The molecule has 224 valence electrons. The zero-order valence-electron chi connectivity index (χ0n) is 24.4. The average molecular weight is 615 g/mol. The summed E-state index contributed by atoms with van der Waals surface area (Å²) in [5.74, 6) is -0.387. The van der Waals surface area contributed by atoms with Gasteiger partial charge in [0, 0.05) is 56.3 Å². The van der Waals surface area contributed by atoms with Crippen molar-refractivity contribution in [3.05, 3.63) is 132 Å². The second-order valence-corrected chi connectivity index (χ2v) is 11.3. The van der Waals surface area contributed by atoms with Crippen LogP contribution in [-0.4, -0.2) is 28.0 Å². The van der Waals surface area contributed by atoms with Crippen molar-refractivity contribution < 1.29 is 18.8 Å². The zero-order chi connectivity index (χ0) is 31.2. The van der Waals surface area contributed by atoms with Crippen LogP contribution in [0.2, 0.25) is 0 Å². The van der Waals surface area contributed by atoms with E-state index in [0.29, 0.717) is 17.0 Å². The Labute approximate surface area is 264 Å². The first kappa shape index (κ1) is 29.5. The van der Waals surface area contributed by atoms with Gasteiger partial charge in [0.25, 0.3) is 11.8 Å². The predicted octanol–water partition coefficient (Wildman–Crippen LogP) is 7.55. The van der Waals surface area contributed by atoms with Crippen LogP contribution >= 0.6 is 11.8 Å². The summed E-state index contributed by atoms with van der Waals surface area (Å²) >= 11 is 1.39. The SMILES string of the molecule is CCn1c2ccccc2c2cc(NC(=O)CSc3ccc(NC(=O)/C(=C/c4ccco4)NC(=O)c4ccccc4)cc3)ccc21. The molecule has 0 aliphatic rings. The zero-order valence-corrected chi connectivity index (χ0v) is 25.3. The summed E-state index contributed by atoms with van der Waals surface area (Å²) in [6.07, 6.45) is 2.96. The number of aromatic nitrogens is 1. The van der Waals surface area contributed by atoms with E-state index in [1.54, 1.807) is 48.5 Å². The van der Waals surface area contributed by atoms with Crippen molar-refractivity contribution in [2.24, 2.45) is 0 Å². The van der Waals surface area contributed by atoms with E-state index >= 15 is 0 Å². The molecule has 3 amide bonds. The molecule has 0 aliphatic heterocycles. The molecule has 0 radical (unpaired) electrons. The van der Waals surface area contributed by atoms with E-state index in [2.05, 4.69) is 45.6 Å². The fraction of sp³-hybridized carbons (Fsp3) is 0.0833. The fourth-order valence-electron chi connectivity index (χ4n) is 5.11. The van der Waals surface area contributed by atoms with Gasteiger partial charge in [0.15, 0.2) is 0 Å². The Morgan fingerprint density at radius 1 is 0.778 bits per heavy atom. The van der Waals surface area contributed by atoms with Crippen LogP contribution in [0.3, 0.4) is 0 Å². The fourth-order valence-corrected chi connectivity index (χ4v) is 5.81.